The molecule has 3 heterocycles. The van der Waals surface area contributed by atoms with E-state index >= 15 is 0 Å². The molecule has 55 heavy (non-hydrogen) atoms. The summed E-state index contributed by atoms with van der Waals surface area (Å²) < 4.78 is 11.0. The zero-order chi connectivity index (χ0) is 38.9. The van der Waals surface area contributed by atoms with Crippen LogP contribution >= 0.6 is 0 Å². The van der Waals surface area contributed by atoms with E-state index in [0.29, 0.717) is 17.4 Å². The summed E-state index contributed by atoms with van der Waals surface area (Å²) in [7, 11) is 0. The number of aryl methyl sites for hydroxylation is 1. The summed E-state index contributed by atoms with van der Waals surface area (Å²) in [5.74, 6) is 2.49. The predicted molar refractivity (Wildman–Crippen MR) is 225 cm³/mol. The van der Waals surface area contributed by atoms with Crippen molar-refractivity contribution in [2.45, 2.75) is 112 Å². The van der Waals surface area contributed by atoms with Gasteiger partial charge in [0.25, 0.3) is 0 Å². The van der Waals surface area contributed by atoms with Gasteiger partial charge in [-0.05, 0) is 87.5 Å². The number of fused-ring (bicyclic) bond motifs is 3. The second kappa shape index (κ2) is 14.5. The van der Waals surface area contributed by atoms with Crippen LogP contribution in [-0.2, 0) is 36.7 Å². The van der Waals surface area contributed by atoms with Crippen LogP contribution in [0.15, 0.2) is 85.1 Å². The summed E-state index contributed by atoms with van der Waals surface area (Å²) in [6.45, 7) is 29.2. The van der Waals surface area contributed by atoms with Gasteiger partial charge in [-0.15, -0.1) is 41.3 Å². The first-order chi connectivity index (χ1) is 25.3. The van der Waals surface area contributed by atoms with Gasteiger partial charge in [0.05, 0.1) is 5.69 Å². The fourth-order valence-corrected chi connectivity index (χ4v) is 7.65. The van der Waals surface area contributed by atoms with Crippen molar-refractivity contribution in [3.8, 4) is 34.1 Å². The standard InChI is InChI=1S/C49H54N4O.Pd/c1-30(2)33-23-24-50-44(25-33)52-42-20-15-14-17-38(42)39-22-21-36(29-43(39)52)54-37-27-34(47(5,6)7)26-35(28-37)53-32(4)45(31(3)51-53)46-40(48(8,9)10)18-16-19-41(46)49(11,12)13;/h14-27,30H,1-13H3;/q-2;+2. The Morgan fingerprint density at radius 2 is 1.35 bits per heavy atom. The van der Waals surface area contributed by atoms with E-state index in [2.05, 4.69) is 184 Å². The Labute approximate surface area is 341 Å². The van der Waals surface area contributed by atoms with Crippen LogP contribution in [-0.4, -0.2) is 19.3 Å². The summed E-state index contributed by atoms with van der Waals surface area (Å²) in [5.41, 5.74) is 12.2. The SMILES string of the molecule is Cc1nn(-c2[c-]c(Oc3[c-]c4c(cc3)c3ccccc3n4-c3cc(C(C)C)ccn3)cc(C(C)(C)C)c2)c(C)c1-c1c(C(C)(C)C)cccc1C(C)(C)C.[Pd+2]. The predicted octanol–water partition coefficient (Wildman–Crippen LogP) is 13.1. The van der Waals surface area contributed by atoms with Crippen molar-refractivity contribution in [2.24, 2.45) is 0 Å². The van der Waals surface area contributed by atoms with Crippen LogP contribution in [0.4, 0.5) is 0 Å². The molecule has 7 aromatic rings. The number of pyridine rings is 1. The van der Waals surface area contributed by atoms with Crippen molar-refractivity contribution in [3.63, 3.8) is 0 Å². The molecule has 0 fully saturated rings. The maximum atomic E-state index is 6.74. The molecule has 0 aliphatic heterocycles. The minimum atomic E-state index is -0.147. The Balaban J connectivity index is 0.00000514. The third-order valence-electron chi connectivity index (χ3n) is 10.6. The first-order valence-electron chi connectivity index (χ1n) is 19.2. The minimum absolute atomic E-state index is 0. The average Bonchev–Trinajstić information content (AvgIpc) is 3.59. The smallest absolute Gasteiger partial charge is 0.509 e. The monoisotopic (exact) mass is 820 g/mol. The van der Waals surface area contributed by atoms with E-state index in [1.165, 1.54) is 27.8 Å². The van der Waals surface area contributed by atoms with Crippen molar-refractivity contribution in [2.75, 3.05) is 0 Å². The maximum Gasteiger partial charge on any atom is 2.00 e. The number of hydrogen-bond donors (Lipinski definition) is 0. The summed E-state index contributed by atoms with van der Waals surface area (Å²) in [4.78, 5) is 4.82. The molecular formula is C49H54N4OPd. The number of aromatic nitrogens is 4. The van der Waals surface area contributed by atoms with Gasteiger partial charge in [0.15, 0.2) is 0 Å². The Kier molecular flexibility index (Phi) is 10.6. The molecule has 3 aromatic heterocycles. The zero-order valence-corrected chi connectivity index (χ0v) is 36.2. The van der Waals surface area contributed by atoms with Crippen molar-refractivity contribution in [3.05, 3.63) is 131 Å². The number of ether oxygens (including phenoxy) is 1. The molecule has 0 aliphatic rings. The molecule has 286 valence electrons. The number of rotatable bonds is 6. The molecule has 4 aromatic carbocycles. The Morgan fingerprint density at radius 3 is 1.98 bits per heavy atom. The van der Waals surface area contributed by atoms with Crippen molar-refractivity contribution in [1.29, 1.82) is 0 Å². The second-order valence-electron chi connectivity index (χ2n) is 18.2. The van der Waals surface area contributed by atoms with Crippen LogP contribution in [0.5, 0.6) is 11.5 Å². The molecule has 0 spiro atoms. The van der Waals surface area contributed by atoms with Crippen LogP contribution in [0.2, 0.25) is 0 Å². The third-order valence-corrected chi connectivity index (χ3v) is 10.6. The first kappa shape index (κ1) is 40.2. The molecule has 0 N–H and O–H groups in total. The van der Waals surface area contributed by atoms with E-state index in [1.807, 2.05) is 12.3 Å². The topological polar surface area (TPSA) is 44.9 Å². The molecule has 7 rings (SSSR count). The van der Waals surface area contributed by atoms with E-state index in [4.69, 9.17) is 14.8 Å². The van der Waals surface area contributed by atoms with Crippen molar-refractivity contribution in [1.82, 2.24) is 19.3 Å². The summed E-state index contributed by atoms with van der Waals surface area (Å²) in [6.07, 6.45) is 1.90. The number of para-hydroxylation sites is 1. The molecule has 0 radical (unpaired) electrons. The van der Waals surface area contributed by atoms with Crippen LogP contribution in [0.3, 0.4) is 0 Å². The largest absolute Gasteiger partial charge is 2.00 e. The first-order valence-corrected chi connectivity index (χ1v) is 19.2. The van der Waals surface area contributed by atoms with Crippen LogP contribution in [0, 0.1) is 26.0 Å². The number of benzene rings is 4. The fourth-order valence-electron chi connectivity index (χ4n) is 7.65. The van der Waals surface area contributed by atoms with Crippen LogP contribution in [0.1, 0.15) is 116 Å². The maximum absolute atomic E-state index is 6.74. The molecule has 0 aliphatic carbocycles. The third kappa shape index (κ3) is 7.57. The van der Waals surface area contributed by atoms with Crippen LogP contribution in [0.25, 0.3) is 44.4 Å². The summed E-state index contributed by atoms with van der Waals surface area (Å²) in [5, 5.41) is 7.47. The van der Waals surface area contributed by atoms with E-state index < -0.39 is 0 Å². The molecule has 0 bridgehead atoms. The molecule has 0 amide bonds. The van der Waals surface area contributed by atoms with E-state index in [1.54, 1.807) is 0 Å². The van der Waals surface area contributed by atoms with Gasteiger partial charge in [0.2, 0.25) is 0 Å². The second-order valence-corrected chi connectivity index (χ2v) is 18.2. The van der Waals surface area contributed by atoms with Gasteiger partial charge in [-0.2, -0.15) is 11.2 Å². The van der Waals surface area contributed by atoms with Gasteiger partial charge >= 0.3 is 20.4 Å². The Hall–Kier alpha value is -4.50. The van der Waals surface area contributed by atoms with Crippen molar-refractivity contribution >= 4 is 21.8 Å². The molecule has 0 saturated carbocycles. The normalized spacial score (nSPS) is 12.5. The Morgan fingerprint density at radius 1 is 0.673 bits per heavy atom. The summed E-state index contributed by atoms with van der Waals surface area (Å²) in [6, 6.07) is 35.2. The summed E-state index contributed by atoms with van der Waals surface area (Å²) >= 11 is 0. The van der Waals surface area contributed by atoms with Gasteiger partial charge < -0.3 is 9.30 Å². The van der Waals surface area contributed by atoms with Gasteiger partial charge in [-0.25, -0.2) is 4.98 Å². The Bertz CT molecular complexity index is 2500. The molecular weight excluding hydrogens is 767 g/mol. The van der Waals surface area contributed by atoms with Gasteiger partial charge in [-0.1, -0.05) is 118 Å². The number of nitrogens with zero attached hydrogens (tertiary/aromatic N) is 4. The van der Waals surface area contributed by atoms with E-state index in [0.717, 1.165) is 50.3 Å². The minimum Gasteiger partial charge on any atom is -0.509 e. The van der Waals surface area contributed by atoms with Crippen LogP contribution < -0.4 is 4.74 Å². The average molecular weight is 821 g/mol. The number of hydrogen-bond acceptors (Lipinski definition) is 3. The molecule has 5 nitrogen and oxygen atoms in total. The van der Waals surface area contributed by atoms with Crippen molar-refractivity contribution < 1.29 is 25.2 Å². The zero-order valence-electron chi connectivity index (χ0n) is 34.7. The molecule has 0 atom stereocenters. The van der Waals surface area contributed by atoms with E-state index in [-0.39, 0.29) is 36.7 Å². The van der Waals surface area contributed by atoms with E-state index in [9.17, 15) is 0 Å². The molecule has 6 heteroatoms. The molecule has 0 saturated heterocycles. The fraction of sp³-hybridized carbons (Fsp3) is 0.347. The van der Waals surface area contributed by atoms with Gasteiger partial charge in [0.1, 0.15) is 5.82 Å². The van der Waals surface area contributed by atoms with Gasteiger partial charge in [-0.3, -0.25) is 4.68 Å². The van der Waals surface area contributed by atoms with Gasteiger partial charge in [0, 0.05) is 34.5 Å². The molecule has 0 unspecified atom stereocenters. The quantitative estimate of drug-likeness (QED) is 0.124.